The number of furan rings is 1. The number of morpholine rings is 1. The molecule has 0 radical (unpaired) electrons. The number of ether oxygens (including phenoxy) is 1. The van der Waals surface area contributed by atoms with E-state index in [0.717, 1.165) is 29.8 Å². The van der Waals surface area contributed by atoms with E-state index < -0.39 is 0 Å². The number of aryl methyl sites for hydroxylation is 2. The van der Waals surface area contributed by atoms with E-state index in [1.807, 2.05) is 32.0 Å². The first-order valence-electron chi connectivity index (χ1n) is 12.9. The van der Waals surface area contributed by atoms with Crippen molar-refractivity contribution in [2.75, 3.05) is 51.3 Å². The van der Waals surface area contributed by atoms with Gasteiger partial charge in [-0.1, -0.05) is 29.8 Å². The first-order chi connectivity index (χ1) is 18.4. The Morgan fingerprint density at radius 3 is 2.45 bits per heavy atom. The summed E-state index contributed by atoms with van der Waals surface area (Å²) >= 11 is 0. The predicted octanol–water partition coefficient (Wildman–Crippen LogP) is 4.43. The smallest absolute Gasteiger partial charge is 0.322 e. The van der Waals surface area contributed by atoms with Gasteiger partial charge in [0.25, 0.3) is 0 Å². The van der Waals surface area contributed by atoms with Crippen LogP contribution in [-0.4, -0.2) is 72.6 Å². The number of amides is 3. The molecule has 1 aliphatic heterocycles. The molecule has 1 aromatic heterocycles. The number of nitrogens with one attached hydrogen (secondary N) is 1. The summed E-state index contributed by atoms with van der Waals surface area (Å²) in [4.78, 5) is 32.5. The van der Waals surface area contributed by atoms with Crippen LogP contribution in [0.25, 0.3) is 0 Å². The molecule has 0 atom stereocenters. The lowest BCUT2D eigenvalue weighted by atomic mass is 10.1. The molecule has 202 valence electrons. The number of anilines is 1. The fourth-order valence-corrected chi connectivity index (χ4v) is 4.38. The molecule has 0 spiro atoms. The van der Waals surface area contributed by atoms with Gasteiger partial charge >= 0.3 is 6.03 Å². The maximum Gasteiger partial charge on any atom is 0.322 e. The monoisotopic (exact) mass is 522 g/mol. The van der Waals surface area contributed by atoms with E-state index in [4.69, 9.17) is 9.15 Å². The van der Waals surface area contributed by atoms with Crippen LogP contribution < -0.4 is 5.32 Å². The van der Waals surface area contributed by atoms with Crippen LogP contribution in [0.15, 0.2) is 65.3 Å². The fourth-order valence-electron chi connectivity index (χ4n) is 4.38. The summed E-state index contributed by atoms with van der Waals surface area (Å²) in [5.41, 5.74) is 3.55. The van der Waals surface area contributed by atoms with Crippen molar-refractivity contribution in [1.29, 1.82) is 0 Å². The molecule has 1 aliphatic rings. The molecule has 3 amide bonds. The molecule has 0 unspecified atom stereocenters. The minimum Gasteiger partial charge on any atom is -0.467 e. The molecule has 8 nitrogen and oxygen atoms in total. The molecular formula is C29H35FN4O4. The third-order valence-corrected chi connectivity index (χ3v) is 6.59. The second kappa shape index (κ2) is 13.2. The van der Waals surface area contributed by atoms with Crippen molar-refractivity contribution >= 4 is 17.6 Å². The number of halogens is 1. The summed E-state index contributed by atoms with van der Waals surface area (Å²) in [6, 6.07) is 15.1. The second-order valence-electron chi connectivity index (χ2n) is 9.58. The molecule has 1 fully saturated rings. The highest BCUT2D eigenvalue weighted by Crippen LogP contribution is 2.17. The maximum absolute atomic E-state index is 13.6. The Bertz CT molecular complexity index is 1190. The molecule has 2 heterocycles. The van der Waals surface area contributed by atoms with Crippen molar-refractivity contribution in [2.45, 2.75) is 26.9 Å². The van der Waals surface area contributed by atoms with Gasteiger partial charge < -0.3 is 24.3 Å². The van der Waals surface area contributed by atoms with Crippen LogP contribution in [0.2, 0.25) is 0 Å². The summed E-state index contributed by atoms with van der Waals surface area (Å²) in [6.45, 7) is 8.23. The van der Waals surface area contributed by atoms with Crippen molar-refractivity contribution in [1.82, 2.24) is 14.7 Å². The van der Waals surface area contributed by atoms with Gasteiger partial charge in [0.2, 0.25) is 5.91 Å². The number of benzene rings is 2. The van der Waals surface area contributed by atoms with Crippen LogP contribution in [-0.2, 0) is 22.6 Å². The third-order valence-electron chi connectivity index (χ3n) is 6.59. The lowest BCUT2D eigenvalue weighted by molar-refractivity contribution is -0.133. The van der Waals surface area contributed by atoms with Crippen molar-refractivity contribution in [3.63, 3.8) is 0 Å². The van der Waals surface area contributed by atoms with Crippen molar-refractivity contribution in [3.05, 3.63) is 89.1 Å². The summed E-state index contributed by atoms with van der Waals surface area (Å²) < 4.78 is 24.4. The van der Waals surface area contributed by atoms with Gasteiger partial charge in [-0.2, -0.15) is 0 Å². The molecule has 2 aromatic carbocycles. The Balaban J connectivity index is 1.50. The topological polar surface area (TPSA) is 78.3 Å². The molecule has 9 heteroatoms. The lowest BCUT2D eigenvalue weighted by Gasteiger charge is -2.31. The molecule has 4 rings (SSSR count). The highest BCUT2D eigenvalue weighted by Gasteiger charge is 2.24. The number of carbonyl (C=O) groups is 2. The Morgan fingerprint density at radius 2 is 1.76 bits per heavy atom. The van der Waals surface area contributed by atoms with Crippen molar-refractivity contribution in [2.24, 2.45) is 0 Å². The number of rotatable bonds is 10. The fraction of sp³-hybridized carbons (Fsp3) is 0.379. The van der Waals surface area contributed by atoms with Gasteiger partial charge in [-0.15, -0.1) is 0 Å². The largest absolute Gasteiger partial charge is 0.467 e. The van der Waals surface area contributed by atoms with Crippen molar-refractivity contribution < 1.29 is 23.1 Å². The maximum atomic E-state index is 13.6. The van der Waals surface area contributed by atoms with Crippen LogP contribution in [0.5, 0.6) is 0 Å². The summed E-state index contributed by atoms with van der Waals surface area (Å²) in [5.74, 6) is 0.0542. The standard InChI is InChI=1S/C29H35FN4O4/c1-22-5-10-27(23(2)18-22)31-29(36)33(12-11-32-13-16-37-17-14-32)21-28(35)34(20-26-4-3-15-38-26)19-24-6-8-25(30)9-7-24/h3-10,15,18H,11-14,16-17,19-21H2,1-2H3,(H,31,36). The molecule has 0 aliphatic carbocycles. The average molecular weight is 523 g/mol. The highest BCUT2D eigenvalue weighted by atomic mass is 19.1. The van der Waals surface area contributed by atoms with E-state index in [1.165, 1.54) is 12.1 Å². The number of hydrogen-bond donors (Lipinski definition) is 1. The normalized spacial score (nSPS) is 13.8. The molecule has 38 heavy (non-hydrogen) atoms. The highest BCUT2D eigenvalue weighted by molar-refractivity contribution is 5.93. The summed E-state index contributed by atoms with van der Waals surface area (Å²) in [6.07, 6.45) is 1.56. The Hall–Kier alpha value is -3.69. The predicted molar refractivity (Wildman–Crippen MR) is 143 cm³/mol. The molecule has 1 N–H and O–H groups in total. The molecule has 3 aromatic rings. The van der Waals surface area contributed by atoms with Crippen LogP contribution >= 0.6 is 0 Å². The molecular weight excluding hydrogens is 487 g/mol. The van der Waals surface area contributed by atoms with Crippen LogP contribution in [0.4, 0.5) is 14.9 Å². The zero-order chi connectivity index (χ0) is 26.9. The number of carbonyl (C=O) groups excluding carboxylic acids is 2. The lowest BCUT2D eigenvalue weighted by Crippen LogP contribution is -2.48. The summed E-state index contributed by atoms with van der Waals surface area (Å²) in [7, 11) is 0. The van der Waals surface area contributed by atoms with Gasteiger partial charge in [0, 0.05) is 38.4 Å². The van der Waals surface area contributed by atoms with Crippen molar-refractivity contribution in [3.8, 4) is 0 Å². The number of nitrogens with zero attached hydrogens (tertiary/aromatic N) is 3. The minimum absolute atomic E-state index is 0.108. The van der Waals surface area contributed by atoms with Crippen LogP contribution in [0, 0.1) is 19.7 Å². The van der Waals surface area contributed by atoms with E-state index in [9.17, 15) is 14.0 Å². The number of urea groups is 1. The van der Waals surface area contributed by atoms with Gasteiger partial charge in [0.05, 0.1) is 26.0 Å². The first-order valence-corrected chi connectivity index (χ1v) is 12.9. The SMILES string of the molecule is Cc1ccc(NC(=O)N(CCN2CCOCC2)CC(=O)N(Cc2ccc(F)cc2)Cc2ccco2)c(C)c1. The van der Waals surface area contributed by atoms with Gasteiger partial charge in [-0.3, -0.25) is 9.69 Å². The van der Waals surface area contributed by atoms with E-state index >= 15 is 0 Å². The Labute approximate surface area is 223 Å². The van der Waals surface area contributed by atoms with E-state index in [0.29, 0.717) is 37.8 Å². The zero-order valence-corrected chi connectivity index (χ0v) is 22.0. The van der Waals surface area contributed by atoms with Gasteiger partial charge in [0.15, 0.2) is 0 Å². The first kappa shape index (κ1) is 27.3. The van der Waals surface area contributed by atoms with Gasteiger partial charge in [0.1, 0.15) is 18.1 Å². The van der Waals surface area contributed by atoms with E-state index in [2.05, 4.69) is 10.2 Å². The Kier molecular flexibility index (Phi) is 9.51. The number of hydrogen-bond acceptors (Lipinski definition) is 5. The average Bonchev–Trinajstić information content (AvgIpc) is 3.42. The van der Waals surface area contributed by atoms with Crippen LogP contribution in [0.3, 0.4) is 0 Å². The zero-order valence-electron chi connectivity index (χ0n) is 22.0. The minimum atomic E-state index is -0.338. The second-order valence-corrected chi connectivity index (χ2v) is 9.58. The molecule has 0 bridgehead atoms. The van der Waals surface area contributed by atoms with E-state index in [-0.39, 0.29) is 37.4 Å². The van der Waals surface area contributed by atoms with Crippen LogP contribution in [0.1, 0.15) is 22.5 Å². The third kappa shape index (κ3) is 7.90. The Morgan fingerprint density at radius 1 is 1.00 bits per heavy atom. The summed E-state index contributed by atoms with van der Waals surface area (Å²) in [5, 5.41) is 2.98. The van der Waals surface area contributed by atoms with Gasteiger partial charge in [-0.05, 0) is 55.3 Å². The molecule has 0 saturated carbocycles. The molecule has 1 saturated heterocycles. The van der Waals surface area contributed by atoms with E-state index in [1.54, 1.807) is 40.3 Å². The van der Waals surface area contributed by atoms with Gasteiger partial charge in [-0.25, -0.2) is 9.18 Å². The quantitative estimate of drug-likeness (QED) is 0.426.